The summed E-state index contributed by atoms with van der Waals surface area (Å²) in [5.74, 6) is 0. The summed E-state index contributed by atoms with van der Waals surface area (Å²) in [6, 6.07) is 0. The van der Waals surface area contributed by atoms with Crippen molar-refractivity contribution in [2.75, 3.05) is 79.3 Å². The zero-order chi connectivity index (χ0) is 87.7. The molecule has 0 fully saturated rings. The van der Waals surface area contributed by atoms with Crippen molar-refractivity contribution in [3.63, 3.8) is 0 Å². The summed E-state index contributed by atoms with van der Waals surface area (Å²) < 4.78 is 289. The largest absolute Gasteiger partial charge is 0.809 e. The van der Waals surface area contributed by atoms with Crippen LogP contribution in [0.1, 0.15) is 62.3 Å². The van der Waals surface area contributed by atoms with Crippen LogP contribution in [-0.2, 0) is 79.6 Å². The molecular formula is C42H78Br9Cl9F18O18P6Si6. The van der Waals surface area contributed by atoms with E-state index in [9.17, 15) is 76.5 Å². The van der Waals surface area contributed by atoms with Crippen molar-refractivity contribution in [2.45, 2.75) is 158 Å². The quantitative estimate of drug-likeness (QED) is 0.0191. The Kier molecular flexibility index (Phi) is 66.4. The monoisotopic (exact) mass is 2590 g/mol. The smallest absolute Gasteiger partial charge is 0.356 e. The molecule has 0 saturated heterocycles. The van der Waals surface area contributed by atoms with E-state index in [-0.39, 0.29) is 36.1 Å². The summed E-state index contributed by atoms with van der Waals surface area (Å²) in [6.45, 7) is 34.5. The van der Waals surface area contributed by atoms with Crippen LogP contribution in [0.5, 0.6) is 0 Å². The number of hydrogen-bond acceptors (Lipinski definition) is 18. The van der Waals surface area contributed by atoms with Crippen LogP contribution in [0.3, 0.4) is 0 Å². The molecule has 0 aromatic heterocycles. The number of hydrogen-bond donors (Lipinski definition) is 0. The molecule has 0 spiro atoms. The van der Waals surface area contributed by atoms with Gasteiger partial charge in [0.25, 0.3) is 8.60 Å². The Morgan fingerprint density at radius 3 is 0.491 bits per heavy atom. The van der Waals surface area contributed by atoms with Crippen LogP contribution in [0.4, 0.5) is 76.5 Å². The molecule has 0 aliphatic carbocycles. The summed E-state index contributed by atoms with van der Waals surface area (Å²) >= 11 is 79.6. The van der Waals surface area contributed by atoms with Crippen molar-refractivity contribution in [1.29, 1.82) is 0 Å². The van der Waals surface area contributed by atoms with E-state index in [1.54, 1.807) is 0 Å². The second kappa shape index (κ2) is 56.2. The minimum atomic E-state index is -7.10. The molecule has 0 radical (unpaired) electrons. The molecule has 66 heteroatoms. The Morgan fingerprint density at radius 2 is 0.370 bits per heavy atom. The van der Waals surface area contributed by atoms with Gasteiger partial charge in [-0.15, -0.1) is 0 Å². The molecule has 18 nitrogen and oxygen atoms in total. The Balaban J connectivity index is -0.000000289. The highest BCUT2D eigenvalue weighted by molar-refractivity contribution is 9.40. The zero-order valence-corrected chi connectivity index (χ0v) is 91.6. The highest BCUT2D eigenvalue weighted by Gasteiger charge is 2.57. The van der Waals surface area contributed by atoms with E-state index in [1.165, 1.54) is 0 Å². The fourth-order valence-electron chi connectivity index (χ4n) is 3.36. The molecule has 0 aliphatic rings. The molecular weight excluding hydrogens is 2530 g/mol. The van der Waals surface area contributed by atoms with Crippen molar-refractivity contribution in [1.82, 2.24) is 0 Å². The van der Waals surface area contributed by atoms with Gasteiger partial charge in [-0.1, -0.05) is 310 Å². The van der Waals surface area contributed by atoms with Gasteiger partial charge in [-0.05, 0) is 75.2 Å². The van der Waals surface area contributed by atoms with Crippen molar-refractivity contribution < 1.29 is 156 Å². The van der Waals surface area contributed by atoms with Crippen LogP contribution < -0.4 is 0 Å². The van der Waals surface area contributed by atoms with Gasteiger partial charge >= 0.3 is 89.5 Å². The maximum absolute atomic E-state index is 11.7. The van der Waals surface area contributed by atoms with Crippen LogP contribution in [0.25, 0.3) is 0 Å². The predicted molar refractivity (Wildman–Crippen MR) is 443 cm³/mol. The van der Waals surface area contributed by atoms with Crippen LogP contribution >= 0.6 is 299 Å². The average Bonchev–Trinajstić information content (AvgIpc) is 0.871. The molecule has 660 valence electrons. The van der Waals surface area contributed by atoms with Gasteiger partial charge in [-0.2, -0.15) is 39.5 Å². The van der Waals surface area contributed by atoms with E-state index >= 15 is 0 Å². The normalized spacial score (nSPS) is 14.3. The molecule has 0 aromatic carbocycles. The van der Waals surface area contributed by atoms with Gasteiger partial charge in [0.2, 0.25) is 11.4 Å². The number of rotatable bonds is 36. The van der Waals surface area contributed by atoms with Crippen LogP contribution in [0.15, 0.2) is 0 Å². The molecule has 108 heavy (non-hydrogen) atoms. The molecule has 0 unspecified atom stereocenters. The Bertz CT molecular complexity index is 1860. The van der Waals surface area contributed by atoms with Crippen LogP contribution in [0.2, 0.25) is 58.9 Å². The lowest BCUT2D eigenvalue weighted by Crippen LogP contribution is -2.32. The topological polar surface area (TPSA) is 166 Å². The highest BCUT2D eigenvalue weighted by atomic mass is 80.0. The molecule has 0 aromatic rings. The predicted octanol–water partition coefficient (Wildman–Crippen LogP) is 31.6. The molecule has 0 aliphatic heterocycles. The van der Waals surface area contributed by atoms with Crippen molar-refractivity contribution in [3.05, 3.63) is 0 Å². The minimum Gasteiger partial charge on any atom is -0.356 e. The molecule has 0 atom stereocenters. The second-order valence-corrected chi connectivity index (χ2v) is 80.9. The summed E-state index contributed by atoms with van der Waals surface area (Å²) in [4.78, 5) is 0. The molecule has 0 rings (SSSR count). The van der Waals surface area contributed by atoms with Gasteiger partial charge in [0.1, 0.15) is 19.8 Å². The standard InChI is InChI=1S/C15H33O3P.C9H27O3PSi3.C6H6Br9O3P.C6H6Cl9O3P.C6H6F9O3P.F9O3PSi3/c1-13(2,3)10-16-19(17-11-14(4,5)6)18-12-15(7,8)9;1-14(2,3)10-13(11-15(4,5)6)12-16(7,8)9;3*7-4(8,9)1-16-19(17-2-5(10,11)12)18-3-6(13,14)15;1-14(2,3)10-13(11-15(4,5)6)12-16(7,8)9/h10-12H2,1-9H3;1-9H3;3*1-3H2;. The molecule has 0 heterocycles. The third-order valence-electron chi connectivity index (χ3n) is 6.39. The average molecular weight is 2610 g/mol. The molecule has 0 amide bonds. The summed E-state index contributed by atoms with van der Waals surface area (Å²) in [5, 5.41) is 0. The summed E-state index contributed by atoms with van der Waals surface area (Å²) in [6.07, 6.45) is -14.8. The molecule has 0 saturated carbocycles. The van der Waals surface area contributed by atoms with Crippen molar-refractivity contribution in [2.24, 2.45) is 16.2 Å². The van der Waals surface area contributed by atoms with Crippen molar-refractivity contribution in [3.8, 4) is 0 Å². The first-order valence-electron chi connectivity index (χ1n) is 28.0. The summed E-state index contributed by atoms with van der Waals surface area (Å²) in [5.41, 5.74) is 0.365. The third kappa shape index (κ3) is 121. The van der Waals surface area contributed by atoms with E-state index in [0.717, 1.165) is 0 Å². The van der Waals surface area contributed by atoms with Gasteiger partial charge in [-0.3, -0.25) is 12.6 Å². The third-order valence-corrected chi connectivity index (χ3v) is 26.1. The number of halogens is 36. The molecule has 0 N–H and O–H groups in total. The summed E-state index contributed by atoms with van der Waals surface area (Å²) in [7, 11) is -39.9. The first kappa shape index (κ1) is 128. The highest BCUT2D eigenvalue weighted by Crippen LogP contribution is 2.54. The molecule has 0 bridgehead atoms. The van der Waals surface area contributed by atoms with E-state index in [1.807, 2.05) is 0 Å². The minimum absolute atomic E-state index is 0.122. The van der Waals surface area contributed by atoms with Gasteiger partial charge in [0, 0.05) is 0 Å². The van der Waals surface area contributed by atoms with E-state index in [0.29, 0.717) is 39.6 Å². The lowest BCUT2D eigenvalue weighted by molar-refractivity contribution is -0.175. The van der Waals surface area contributed by atoms with Crippen LogP contribution in [0, 0.1) is 16.2 Å². The maximum Gasteiger partial charge on any atom is 0.809 e. The maximum atomic E-state index is 11.7. The van der Waals surface area contributed by atoms with E-state index in [4.69, 9.17) is 158 Å². The Hall–Kier alpha value is 8.83. The first-order chi connectivity index (χ1) is 46.7. The van der Waals surface area contributed by atoms with Gasteiger partial charge in [0.05, 0.1) is 39.6 Å². The van der Waals surface area contributed by atoms with E-state index < -0.39 is 161 Å². The Labute approximate surface area is 752 Å². The van der Waals surface area contributed by atoms with Crippen LogP contribution in [-0.4, -0.2) is 169 Å². The van der Waals surface area contributed by atoms with Gasteiger partial charge in [-0.25, -0.2) is 37.0 Å². The fourth-order valence-corrected chi connectivity index (χ4v) is 22.4. The van der Waals surface area contributed by atoms with E-state index in [2.05, 4.69) is 291 Å². The fraction of sp³-hybridized carbons (Fsp3) is 1.00. The van der Waals surface area contributed by atoms with Gasteiger partial charge < -0.3 is 66.9 Å². The SMILES string of the molecule is BrC(Br)(Br)COP(OCC(Br)(Br)Br)OCC(Br)(Br)Br.CC(C)(C)COP(OCC(C)(C)C)OCC(C)(C)C.C[Si](C)(C)OP(O[Si](C)(C)C)O[Si](C)(C)C.ClC(Cl)(Cl)COP(OCC(Cl)(Cl)Cl)OCC(Cl)(Cl)Cl.FC(F)(F)COP(OCC(F)(F)F)OCC(F)(F)F.F[Si](F)(F)OP(O[Si](F)(F)F)O[Si](F)(F)F. The van der Waals surface area contributed by atoms with Crippen molar-refractivity contribution >= 4 is 352 Å². The second-order valence-electron chi connectivity index (χ2n) is 26.1. The van der Waals surface area contributed by atoms with Gasteiger partial charge in [0.15, 0.2) is 51.2 Å². The first-order valence-corrected chi connectivity index (χ1v) is 60.0. The lowest BCUT2D eigenvalue weighted by atomic mass is 9.99. The zero-order valence-electron chi connectivity index (χ0n) is 59.1. The Morgan fingerprint density at radius 1 is 0.231 bits per heavy atom. The number of alkyl halides is 27. The lowest BCUT2D eigenvalue weighted by Gasteiger charge is -2.32.